The topological polar surface area (TPSA) is 89.6 Å². The van der Waals surface area contributed by atoms with E-state index in [0.29, 0.717) is 21.9 Å². The Balaban J connectivity index is 1.47. The van der Waals surface area contributed by atoms with Gasteiger partial charge < -0.3 is 9.51 Å². The third kappa shape index (κ3) is 4.59. The predicted molar refractivity (Wildman–Crippen MR) is 125 cm³/mol. The fourth-order valence-corrected chi connectivity index (χ4v) is 4.44. The van der Waals surface area contributed by atoms with Crippen LogP contribution in [0.3, 0.4) is 0 Å². The number of aryl methyl sites for hydroxylation is 2. The lowest BCUT2D eigenvalue weighted by atomic mass is 10.1. The minimum Gasteiger partial charge on any atom is -0.353 e. The minimum atomic E-state index is -4.47. The molecule has 35 heavy (non-hydrogen) atoms. The molecule has 0 aliphatic heterocycles. The Labute approximate surface area is 201 Å². The third-order valence-corrected chi connectivity index (χ3v) is 6.21. The number of fused-ring (bicyclic) bond motifs is 1. The highest BCUT2D eigenvalue weighted by molar-refractivity contribution is 7.98. The van der Waals surface area contributed by atoms with Gasteiger partial charge in [0.2, 0.25) is 11.7 Å². The molecule has 7 nitrogen and oxygen atoms in total. The number of aromatic nitrogens is 5. The molecule has 11 heteroatoms. The molecule has 0 aliphatic carbocycles. The van der Waals surface area contributed by atoms with Crippen LogP contribution in [0.15, 0.2) is 69.1 Å². The number of halogens is 3. The molecule has 0 saturated carbocycles. The zero-order valence-electron chi connectivity index (χ0n) is 18.6. The van der Waals surface area contributed by atoms with Crippen molar-refractivity contribution in [3.63, 3.8) is 0 Å². The Kier molecular flexibility index (Phi) is 5.72. The van der Waals surface area contributed by atoms with Crippen LogP contribution in [-0.2, 0) is 11.9 Å². The maximum absolute atomic E-state index is 13.3. The first-order valence-corrected chi connectivity index (χ1v) is 11.5. The number of hydrogen-bond acceptors (Lipinski definition) is 6. The van der Waals surface area contributed by atoms with E-state index < -0.39 is 11.7 Å². The molecule has 0 atom stereocenters. The van der Waals surface area contributed by atoms with Gasteiger partial charge in [-0.2, -0.15) is 18.2 Å². The van der Waals surface area contributed by atoms with Crippen molar-refractivity contribution >= 4 is 22.8 Å². The molecule has 178 valence electrons. The average Bonchev–Trinajstić information content (AvgIpc) is 3.44. The largest absolute Gasteiger partial charge is 0.416 e. The summed E-state index contributed by atoms with van der Waals surface area (Å²) in [4.78, 5) is 25.2. The summed E-state index contributed by atoms with van der Waals surface area (Å²) in [5, 5.41) is 4.24. The maximum Gasteiger partial charge on any atom is 0.416 e. The summed E-state index contributed by atoms with van der Waals surface area (Å²) in [6.07, 6.45) is -4.47. The van der Waals surface area contributed by atoms with E-state index in [0.717, 1.165) is 23.4 Å². The zero-order chi connectivity index (χ0) is 24.7. The minimum absolute atomic E-state index is 0.0484. The van der Waals surface area contributed by atoms with E-state index in [1.165, 1.54) is 28.5 Å². The third-order valence-electron chi connectivity index (χ3n) is 5.29. The predicted octanol–water partition coefficient (Wildman–Crippen LogP) is 5.69. The van der Waals surface area contributed by atoms with Gasteiger partial charge in [0.1, 0.15) is 5.52 Å². The van der Waals surface area contributed by atoms with Crippen LogP contribution in [0.25, 0.3) is 28.1 Å². The average molecular weight is 498 g/mol. The van der Waals surface area contributed by atoms with E-state index in [1.54, 1.807) is 6.07 Å². The Morgan fingerprint density at radius 2 is 1.83 bits per heavy atom. The second kappa shape index (κ2) is 8.73. The lowest BCUT2D eigenvalue weighted by Crippen LogP contribution is -2.21. The summed E-state index contributed by atoms with van der Waals surface area (Å²) in [6, 6.07) is 14.0. The normalized spacial score (nSPS) is 11.9. The Morgan fingerprint density at radius 1 is 1.06 bits per heavy atom. The first-order valence-electron chi connectivity index (χ1n) is 10.5. The van der Waals surface area contributed by atoms with Crippen LogP contribution in [0.4, 0.5) is 13.2 Å². The van der Waals surface area contributed by atoms with Crippen molar-refractivity contribution in [2.45, 2.75) is 30.9 Å². The first kappa shape index (κ1) is 22.9. The van der Waals surface area contributed by atoms with E-state index in [2.05, 4.69) is 20.1 Å². The first-order chi connectivity index (χ1) is 16.7. The van der Waals surface area contributed by atoms with Crippen LogP contribution < -0.4 is 5.56 Å². The Morgan fingerprint density at radius 3 is 2.57 bits per heavy atom. The van der Waals surface area contributed by atoms with Crippen LogP contribution >= 0.6 is 11.8 Å². The fraction of sp³-hybridized carbons (Fsp3) is 0.167. The standard InChI is InChI=1S/C24H18F3N5O2S/c1-13-6-8-17(9-7-13)32-22(33)20-18(10-14(2)28-20)29-23(32)35-12-19-30-21(31-34-19)15-4-3-5-16(11-15)24(25,26)27/h3-11,28H,12H2,1-2H3. The summed E-state index contributed by atoms with van der Waals surface area (Å²) in [5.74, 6) is 0.406. The number of rotatable bonds is 5. The van der Waals surface area contributed by atoms with E-state index >= 15 is 0 Å². The number of nitrogens with one attached hydrogen (secondary N) is 1. The fourth-order valence-electron chi connectivity index (χ4n) is 3.59. The molecule has 5 rings (SSSR count). The maximum atomic E-state index is 13.3. The van der Waals surface area contributed by atoms with Gasteiger partial charge in [-0.1, -0.05) is 46.7 Å². The summed E-state index contributed by atoms with van der Waals surface area (Å²) in [7, 11) is 0. The van der Waals surface area contributed by atoms with Gasteiger partial charge in [-0.3, -0.25) is 9.36 Å². The van der Waals surface area contributed by atoms with Gasteiger partial charge in [-0.25, -0.2) is 4.98 Å². The molecule has 0 amide bonds. The molecular formula is C24H18F3N5O2S. The van der Waals surface area contributed by atoms with Gasteiger partial charge >= 0.3 is 6.18 Å². The molecule has 5 aromatic rings. The highest BCUT2D eigenvalue weighted by Crippen LogP contribution is 2.32. The summed E-state index contributed by atoms with van der Waals surface area (Å²) in [5.41, 5.74) is 2.60. The van der Waals surface area contributed by atoms with Gasteiger partial charge in [0.25, 0.3) is 5.56 Å². The van der Waals surface area contributed by atoms with E-state index in [4.69, 9.17) is 4.52 Å². The number of alkyl halides is 3. The van der Waals surface area contributed by atoms with Crippen LogP contribution in [0.1, 0.15) is 22.7 Å². The molecule has 0 saturated heterocycles. The SMILES string of the molecule is Cc1ccc(-n2c(SCc3nc(-c4cccc(C(F)(F)F)c4)no3)nc3cc(C)[nH]c3c2=O)cc1. The van der Waals surface area contributed by atoms with Crippen molar-refractivity contribution in [2.75, 3.05) is 0 Å². The molecule has 3 heterocycles. The highest BCUT2D eigenvalue weighted by atomic mass is 32.2. The number of aromatic amines is 1. The molecule has 0 unspecified atom stereocenters. The van der Waals surface area contributed by atoms with Crippen molar-refractivity contribution in [3.05, 3.63) is 87.7 Å². The van der Waals surface area contributed by atoms with Gasteiger partial charge in [0.05, 0.1) is 22.5 Å². The molecule has 3 aromatic heterocycles. The van der Waals surface area contributed by atoms with Gasteiger partial charge in [0.15, 0.2) is 5.16 Å². The molecule has 1 N–H and O–H groups in total. The van der Waals surface area contributed by atoms with Crippen LogP contribution in [0.5, 0.6) is 0 Å². The summed E-state index contributed by atoms with van der Waals surface area (Å²) < 4.78 is 45.9. The number of nitrogens with zero attached hydrogens (tertiary/aromatic N) is 4. The Hall–Kier alpha value is -3.86. The number of hydrogen-bond donors (Lipinski definition) is 1. The quantitative estimate of drug-likeness (QED) is 0.248. The molecular weight excluding hydrogens is 479 g/mol. The highest BCUT2D eigenvalue weighted by Gasteiger charge is 2.30. The molecule has 0 spiro atoms. The molecule has 0 bridgehead atoms. The van der Waals surface area contributed by atoms with E-state index in [1.807, 2.05) is 38.1 Å². The van der Waals surface area contributed by atoms with Crippen molar-refractivity contribution in [2.24, 2.45) is 0 Å². The van der Waals surface area contributed by atoms with E-state index in [-0.39, 0.29) is 28.6 Å². The van der Waals surface area contributed by atoms with Crippen molar-refractivity contribution < 1.29 is 17.7 Å². The summed E-state index contributed by atoms with van der Waals surface area (Å²) >= 11 is 1.22. The monoisotopic (exact) mass is 497 g/mol. The van der Waals surface area contributed by atoms with Crippen LogP contribution in [0.2, 0.25) is 0 Å². The smallest absolute Gasteiger partial charge is 0.353 e. The molecule has 2 aromatic carbocycles. The zero-order valence-corrected chi connectivity index (χ0v) is 19.4. The van der Waals surface area contributed by atoms with Crippen molar-refractivity contribution in [1.82, 2.24) is 24.7 Å². The lowest BCUT2D eigenvalue weighted by Gasteiger charge is -2.11. The van der Waals surface area contributed by atoms with E-state index in [9.17, 15) is 18.0 Å². The second-order valence-electron chi connectivity index (χ2n) is 7.96. The van der Waals surface area contributed by atoms with Crippen LogP contribution in [-0.4, -0.2) is 24.7 Å². The molecule has 0 fully saturated rings. The number of benzene rings is 2. The molecule has 0 aliphatic rings. The van der Waals surface area contributed by atoms with Crippen LogP contribution in [0, 0.1) is 13.8 Å². The van der Waals surface area contributed by atoms with Gasteiger partial charge in [-0.05, 0) is 44.2 Å². The second-order valence-corrected chi connectivity index (χ2v) is 8.90. The van der Waals surface area contributed by atoms with Crippen molar-refractivity contribution in [3.8, 4) is 17.1 Å². The van der Waals surface area contributed by atoms with Gasteiger partial charge in [-0.15, -0.1) is 0 Å². The number of thioether (sulfide) groups is 1. The Bertz CT molecular complexity index is 1590. The lowest BCUT2D eigenvalue weighted by molar-refractivity contribution is -0.137. The summed E-state index contributed by atoms with van der Waals surface area (Å²) in [6.45, 7) is 3.80. The van der Waals surface area contributed by atoms with Crippen molar-refractivity contribution in [1.29, 1.82) is 0 Å². The molecule has 0 radical (unpaired) electrons. The number of H-pyrrole nitrogens is 1. The van der Waals surface area contributed by atoms with Gasteiger partial charge in [0, 0.05) is 11.3 Å².